The minimum Gasteiger partial charge on any atom is -0.383 e. The summed E-state index contributed by atoms with van der Waals surface area (Å²) in [5.74, 6) is 0.856. The molecule has 2 N–H and O–H groups in total. The Hall–Kier alpha value is -2.10. The number of carbonyl (C=O) groups is 1. The van der Waals surface area contributed by atoms with Crippen molar-refractivity contribution in [3.05, 3.63) is 29.3 Å². The second kappa shape index (κ2) is 8.52. The molecule has 2 aromatic heterocycles. The average Bonchev–Trinajstić information content (AvgIpc) is 3.38. The minimum absolute atomic E-state index is 0.0738. The molecule has 140 valence electrons. The van der Waals surface area contributed by atoms with Gasteiger partial charge < -0.3 is 15.0 Å². The molecular weight excluding hydrogens is 352 g/mol. The Morgan fingerprint density at radius 2 is 2.15 bits per heavy atom. The summed E-state index contributed by atoms with van der Waals surface area (Å²) >= 11 is 5.62. The second-order valence-electron chi connectivity index (χ2n) is 6.62. The maximum Gasteiger partial charge on any atom is 0.275 e. The van der Waals surface area contributed by atoms with Crippen molar-refractivity contribution in [3.63, 3.8) is 0 Å². The van der Waals surface area contributed by atoms with Gasteiger partial charge in [0, 0.05) is 31.1 Å². The molecule has 2 aromatic rings. The molecule has 0 bridgehead atoms. The van der Waals surface area contributed by atoms with Crippen LogP contribution in [0.3, 0.4) is 0 Å². The first-order valence-electron chi connectivity index (χ1n) is 8.76. The summed E-state index contributed by atoms with van der Waals surface area (Å²) < 4.78 is 9.57. The number of quaternary nitrogens is 1. The van der Waals surface area contributed by atoms with Crippen LogP contribution in [0.25, 0.3) is 11.4 Å². The summed E-state index contributed by atoms with van der Waals surface area (Å²) in [6, 6.07) is 4.19. The van der Waals surface area contributed by atoms with Gasteiger partial charge in [-0.15, -0.1) is 5.10 Å². The molecule has 8 nitrogen and oxygen atoms in total. The Kier molecular flexibility index (Phi) is 6.12. The summed E-state index contributed by atoms with van der Waals surface area (Å²) in [6.45, 7) is 2.08. The normalized spacial score (nSPS) is 15.0. The van der Waals surface area contributed by atoms with Gasteiger partial charge in [-0.2, -0.15) is 4.68 Å². The Morgan fingerprint density at radius 3 is 2.81 bits per heavy atom. The van der Waals surface area contributed by atoms with Gasteiger partial charge in [0.1, 0.15) is 0 Å². The lowest BCUT2D eigenvalue weighted by molar-refractivity contribution is -0.895. The summed E-state index contributed by atoms with van der Waals surface area (Å²) in [7, 11) is 3.63. The van der Waals surface area contributed by atoms with E-state index in [0.29, 0.717) is 37.2 Å². The fourth-order valence-corrected chi connectivity index (χ4v) is 3.02. The van der Waals surface area contributed by atoms with E-state index in [9.17, 15) is 4.79 Å². The highest BCUT2D eigenvalue weighted by Gasteiger charge is 2.24. The highest BCUT2D eigenvalue weighted by molar-refractivity contribution is 7.71. The van der Waals surface area contributed by atoms with Gasteiger partial charge in [-0.3, -0.25) is 14.3 Å². The molecule has 0 radical (unpaired) electrons. The van der Waals surface area contributed by atoms with Crippen LogP contribution in [-0.4, -0.2) is 58.6 Å². The van der Waals surface area contributed by atoms with Gasteiger partial charge in [0.05, 0.1) is 20.2 Å². The molecule has 1 unspecified atom stereocenters. The Balaban J connectivity index is 1.77. The maximum atomic E-state index is 12.0. The number of hydrogen-bond acceptors (Lipinski definition) is 5. The lowest BCUT2D eigenvalue weighted by Crippen LogP contribution is -3.09. The minimum atomic E-state index is 0.0738. The summed E-state index contributed by atoms with van der Waals surface area (Å²) in [5, 5.41) is 7.70. The quantitative estimate of drug-likeness (QED) is 0.596. The van der Waals surface area contributed by atoms with Crippen LogP contribution >= 0.6 is 12.2 Å². The van der Waals surface area contributed by atoms with E-state index in [2.05, 4.69) is 10.3 Å². The molecule has 2 heterocycles. The number of carbonyl (C=O) groups excluding carboxylic acids is 1. The largest absolute Gasteiger partial charge is 0.383 e. The van der Waals surface area contributed by atoms with Crippen LogP contribution < -0.4 is 10.2 Å². The molecule has 1 atom stereocenters. The number of aromatic nitrogens is 4. The number of hydrogen-bond donors (Lipinski definition) is 2. The van der Waals surface area contributed by atoms with E-state index in [1.54, 1.807) is 24.2 Å². The van der Waals surface area contributed by atoms with Gasteiger partial charge in [0.25, 0.3) is 5.91 Å². The van der Waals surface area contributed by atoms with E-state index in [0.717, 1.165) is 29.1 Å². The number of nitrogens with one attached hydrogen (secondary N) is 2. The monoisotopic (exact) mass is 377 g/mol. The number of nitrogens with zero attached hydrogens (tertiary/aromatic N) is 4. The SMILES string of the molecule is COCCn1c(-c2ccncc2)nn(C[NH+](C)CC(=O)NC2CC2)c1=S. The summed E-state index contributed by atoms with van der Waals surface area (Å²) in [6.07, 6.45) is 5.65. The molecule has 3 rings (SSSR count). The molecular formula is C17H25N6O2S+. The molecule has 9 heteroatoms. The van der Waals surface area contributed by atoms with E-state index in [1.165, 1.54) is 0 Å². The average molecular weight is 377 g/mol. The van der Waals surface area contributed by atoms with Crippen LogP contribution in [0.2, 0.25) is 0 Å². The molecule has 1 aliphatic carbocycles. The van der Waals surface area contributed by atoms with Crippen molar-refractivity contribution in [1.29, 1.82) is 0 Å². The highest BCUT2D eigenvalue weighted by Crippen LogP contribution is 2.18. The Bertz CT molecular complexity index is 799. The molecule has 26 heavy (non-hydrogen) atoms. The standard InChI is InChI=1S/C17H24N6O2S/c1-21(11-15(24)19-14-3-4-14)12-23-17(26)22(9-10-25-2)16(20-23)13-5-7-18-8-6-13/h5-8,14H,3-4,9-12H2,1-2H3,(H,19,24)/p+1. The third kappa shape index (κ3) is 4.75. The summed E-state index contributed by atoms with van der Waals surface area (Å²) in [4.78, 5) is 17.1. The van der Waals surface area contributed by atoms with Crippen LogP contribution in [0, 0.1) is 4.77 Å². The van der Waals surface area contributed by atoms with Gasteiger partial charge in [0.2, 0.25) is 4.77 Å². The lowest BCUT2D eigenvalue weighted by Gasteiger charge is -2.13. The molecule has 1 saturated carbocycles. The molecule has 1 fully saturated rings. The molecule has 0 aliphatic heterocycles. The van der Waals surface area contributed by atoms with Crippen LogP contribution in [0.1, 0.15) is 12.8 Å². The predicted molar refractivity (Wildman–Crippen MR) is 99.1 cm³/mol. The van der Waals surface area contributed by atoms with Crippen LogP contribution in [0.5, 0.6) is 0 Å². The number of ether oxygens (including phenoxy) is 1. The number of methoxy groups -OCH3 is 1. The van der Waals surface area contributed by atoms with Crippen molar-refractivity contribution in [2.75, 3.05) is 27.3 Å². The van der Waals surface area contributed by atoms with Crippen LogP contribution in [0.4, 0.5) is 0 Å². The van der Waals surface area contributed by atoms with Crippen molar-refractivity contribution in [3.8, 4) is 11.4 Å². The van der Waals surface area contributed by atoms with Crippen LogP contribution in [0.15, 0.2) is 24.5 Å². The van der Waals surface area contributed by atoms with Gasteiger partial charge in [-0.05, 0) is 37.2 Å². The third-order valence-corrected chi connectivity index (χ3v) is 4.64. The smallest absolute Gasteiger partial charge is 0.275 e. The fraction of sp³-hybridized carbons (Fsp3) is 0.529. The zero-order valence-electron chi connectivity index (χ0n) is 15.1. The van der Waals surface area contributed by atoms with E-state index in [1.807, 2.05) is 23.7 Å². The van der Waals surface area contributed by atoms with Gasteiger partial charge >= 0.3 is 0 Å². The summed E-state index contributed by atoms with van der Waals surface area (Å²) in [5.41, 5.74) is 0.949. The first-order valence-corrected chi connectivity index (χ1v) is 9.17. The molecule has 1 aliphatic rings. The second-order valence-corrected chi connectivity index (χ2v) is 6.98. The predicted octanol–water partition coefficient (Wildman–Crippen LogP) is -0.127. The van der Waals surface area contributed by atoms with E-state index in [-0.39, 0.29) is 5.91 Å². The maximum absolute atomic E-state index is 12.0. The van der Waals surface area contributed by atoms with Gasteiger partial charge in [-0.1, -0.05) is 0 Å². The Labute approximate surface area is 157 Å². The molecule has 0 aromatic carbocycles. The van der Waals surface area contributed by atoms with Crippen LogP contribution in [-0.2, 0) is 22.7 Å². The highest BCUT2D eigenvalue weighted by atomic mass is 32.1. The van der Waals surface area contributed by atoms with Gasteiger partial charge in [-0.25, -0.2) is 0 Å². The van der Waals surface area contributed by atoms with E-state index in [4.69, 9.17) is 22.1 Å². The van der Waals surface area contributed by atoms with E-state index >= 15 is 0 Å². The Morgan fingerprint density at radius 1 is 1.42 bits per heavy atom. The third-order valence-electron chi connectivity index (χ3n) is 4.20. The number of rotatable bonds is 9. The molecule has 1 amide bonds. The number of amides is 1. The van der Waals surface area contributed by atoms with Crippen molar-refractivity contribution in [2.45, 2.75) is 32.1 Å². The number of pyridine rings is 1. The first-order chi connectivity index (χ1) is 12.6. The fourth-order valence-electron chi connectivity index (χ4n) is 2.73. The van der Waals surface area contributed by atoms with Crippen molar-refractivity contribution < 1.29 is 14.4 Å². The lowest BCUT2D eigenvalue weighted by atomic mass is 10.2. The van der Waals surface area contributed by atoms with Gasteiger partial charge in [0.15, 0.2) is 19.0 Å². The zero-order chi connectivity index (χ0) is 18.5. The zero-order valence-corrected chi connectivity index (χ0v) is 16.0. The van der Waals surface area contributed by atoms with Crippen molar-refractivity contribution >= 4 is 18.1 Å². The van der Waals surface area contributed by atoms with Crippen molar-refractivity contribution in [1.82, 2.24) is 24.6 Å². The number of likely N-dealkylation sites (N-methyl/N-ethyl adjacent to an activating group) is 1. The van der Waals surface area contributed by atoms with E-state index < -0.39 is 0 Å². The molecule has 0 saturated heterocycles. The van der Waals surface area contributed by atoms with Crippen molar-refractivity contribution in [2.24, 2.45) is 0 Å². The molecule has 0 spiro atoms. The topological polar surface area (TPSA) is 78.4 Å². The first kappa shape index (κ1) is 18.7.